The summed E-state index contributed by atoms with van der Waals surface area (Å²) in [6.45, 7) is 1.85. The van der Waals surface area contributed by atoms with E-state index in [1.165, 1.54) is 5.56 Å². The molecule has 0 bridgehead atoms. The minimum absolute atomic E-state index is 0.151. The van der Waals surface area contributed by atoms with Crippen molar-refractivity contribution in [2.24, 2.45) is 11.7 Å². The van der Waals surface area contributed by atoms with Crippen molar-refractivity contribution in [2.45, 2.75) is 38.6 Å². The van der Waals surface area contributed by atoms with Gasteiger partial charge in [-0.2, -0.15) is 0 Å². The minimum Gasteiger partial charge on any atom is -0.461 e. The van der Waals surface area contributed by atoms with Crippen molar-refractivity contribution in [3.05, 3.63) is 78.1 Å². The van der Waals surface area contributed by atoms with E-state index in [1.54, 1.807) is 6.20 Å². The van der Waals surface area contributed by atoms with Gasteiger partial charge in [-0.3, -0.25) is 9.48 Å². The molecule has 0 amide bonds. The summed E-state index contributed by atoms with van der Waals surface area (Å²) in [5.74, 6) is -0.306. The van der Waals surface area contributed by atoms with Crippen molar-refractivity contribution in [1.82, 2.24) is 15.0 Å². The average molecular weight is 406 g/mol. The number of nitrogens with zero attached hydrogens (tertiary/aromatic N) is 4. The number of rotatable bonds is 7. The van der Waals surface area contributed by atoms with Gasteiger partial charge >= 0.3 is 5.97 Å². The average Bonchev–Trinajstić information content (AvgIpc) is 3.31. The summed E-state index contributed by atoms with van der Waals surface area (Å²) in [6, 6.07) is 18.2. The Kier molecular flexibility index (Phi) is 6.39. The van der Waals surface area contributed by atoms with Crippen LogP contribution in [0.1, 0.15) is 24.0 Å². The van der Waals surface area contributed by atoms with Gasteiger partial charge in [-0.15, -0.1) is 5.10 Å². The number of aromatic nitrogens is 3. The SMILES string of the molecule is NC1CC(C(=O)OCc2ccccc2)CCN1c1ccc(CCn2ccnn2)cc1. The van der Waals surface area contributed by atoms with E-state index in [-0.39, 0.29) is 18.1 Å². The molecule has 1 fully saturated rings. The Morgan fingerprint density at radius 3 is 2.60 bits per heavy atom. The monoisotopic (exact) mass is 405 g/mol. The predicted octanol–water partition coefficient (Wildman–Crippen LogP) is 2.77. The summed E-state index contributed by atoms with van der Waals surface area (Å²) < 4.78 is 7.33. The highest BCUT2D eigenvalue weighted by molar-refractivity contribution is 5.73. The highest BCUT2D eigenvalue weighted by Gasteiger charge is 2.31. The normalized spacial score (nSPS) is 18.9. The van der Waals surface area contributed by atoms with Gasteiger partial charge in [0, 0.05) is 25.0 Å². The van der Waals surface area contributed by atoms with E-state index in [4.69, 9.17) is 10.5 Å². The lowest BCUT2D eigenvalue weighted by atomic mass is 9.94. The van der Waals surface area contributed by atoms with Crippen LogP contribution in [0.3, 0.4) is 0 Å². The number of carbonyl (C=O) groups is 1. The summed E-state index contributed by atoms with van der Waals surface area (Å²) in [5.41, 5.74) is 9.73. The van der Waals surface area contributed by atoms with Gasteiger partial charge in [0.2, 0.25) is 0 Å². The van der Waals surface area contributed by atoms with Gasteiger partial charge in [-0.05, 0) is 42.5 Å². The molecule has 0 spiro atoms. The number of esters is 1. The second-order valence-electron chi connectivity index (χ2n) is 7.66. The standard InChI is InChI=1S/C23H27N5O2/c24-22-16-20(23(29)30-17-19-4-2-1-3-5-19)11-14-28(22)21-8-6-18(7-9-21)10-13-27-15-12-25-26-27/h1-9,12,15,20,22H,10-11,13-14,16-17,24H2. The third-order valence-corrected chi connectivity index (χ3v) is 5.57. The number of piperidine rings is 1. The van der Waals surface area contributed by atoms with Crippen LogP contribution in [-0.4, -0.2) is 33.7 Å². The zero-order valence-electron chi connectivity index (χ0n) is 16.9. The molecular formula is C23H27N5O2. The van der Waals surface area contributed by atoms with E-state index in [9.17, 15) is 4.79 Å². The highest BCUT2D eigenvalue weighted by Crippen LogP contribution is 2.27. The first-order chi connectivity index (χ1) is 14.7. The van der Waals surface area contributed by atoms with E-state index in [0.29, 0.717) is 13.0 Å². The van der Waals surface area contributed by atoms with Gasteiger partial charge in [0.1, 0.15) is 6.61 Å². The molecule has 0 saturated carbocycles. The molecular weight excluding hydrogens is 378 g/mol. The number of hydrogen-bond acceptors (Lipinski definition) is 6. The second-order valence-corrected chi connectivity index (χ2v) is 7.66. The maximum atomic E-state index is 12.5. The molecule has 7 heteroatoms. The van der Waals surface area contributed by atoms with Gasteiger partial charge < -0.3 is 15.4 Å². The van der Waals surface area contributed by atoms with E-state index < -0.39 is 0 Å². The molecule has 2 aromatic carbocycles. The Balaban J connectivity index is 1.27. The maximum Gasteiger partial charge on any atom is 0.309 e. The number of ether oxygens (including phenoxy) is 1. The fraction of sp³-hybridized carbons (Fsp3) is 0.348. The third kappa shape index (κ3) is 5.04. The molecule has 1 aromatic heterocycles. The molecule has 30 heavy (non-hydrogen) atoms. The van der Waals surface area contributed by atoms with E-state index in [2.05, 4.69) is 39.5 Å². The summed E-state index contributed by atoms with van der Waals surface area (Å²) in [7, 11) is 0. The van der Waals surface area contributed by atoms with Crippen molar-refractivity contribution in [3.63, 3.8) is 0 Å². The molecule has 3 aromatic rings. The molecule has 1 aliphatic rings. The molecule has 7 nitrogen and oxygen atoms in total. The molecule has 4 rings (SSSR count). The van der Waals surface area contributed by atoms with Gasteiger partial charge in [-0.1, -0.05) is 47.7 Å². The van der Waals surface area contributed by atoms with Crippen LogP contribution in [0.4, 0.5) is 5.69 Å². The Bertz CT molecular complexity index is 928. The lowest BCUT2D eigenvalue weighted by molar-refractivity contribution is -0.151. The van der Waals surface area contributed by atoms with Gasteiger partial charge in [0.05, 0.1) is 18.3 Å². The van der Waals surface area contributed by atoms with Crippen LogP contribution in [0.5, 0.6) is 0 Å². The van der Waals surface area contributed by atoms with Gasteiger partial charge in [0.15, 0.2) is 0 Å². The van der Waals surface area contributed by atoms with Crippen molar-refractivity contribution in [1.29, 1.82) is 0 Å². The van der Waals surface area contributed by atoms with Crippen LogP contribution in [-0.2, 0) is 29.1 Å². The van der Waals surface area contributed by atoms with Crippen molar-refractivity contribution < 1.29 is 9.53 Å². The summed E-state index contributed by atoms with van der Waals surface area (Å²) in [4.78, 5) is 14.6. The summed E-state index contributed by atoms with van der Waals surface area (Å²) >= 11 is 0. The molecule has 156 valence electrons. The summed E-state index contributed by atoms with van der Waals surface area (Å²) in [6.07, 6.45) is 5.59. The number of carbonyl (C=O) groups excluding carboxylic acids is 1. The Morgan fingerprint density at radius 2 is 1.90 bits per heavy atom. The molecule has 0 radical (unpaired) electrons. The van der Waals surface area contributed by atoms with Gasteiger partial charge in [0.25, 0.3) is 0 Å². The first kappa shape index (κ1) is 20.1. The van der Waals surface area contributed by atoms with Gasteiger partial charge in [-0.25, -0.2) is 0 Å². The van der Waals surface area contributed by atoms with Crippen molar-refractivity contribution in [2.75, 3.05) is 11.4 Å². The van der Waals surface area contributed by atoms with Crippen molar-refractivity contribution >= 4 is 11.7 Å². The molecule has 0 aliphatic carbocycles. The van der Waals surface area contributed by atoms with Crippen LogP contribution in [0.2, 0.25) is 0 Å². The fourth-order valence-electron chi connectivity index (χ4n) is 3.83. The minimum atomic E-state index is -0.200. The molecule has 2 atom stereocenters. The lowest BCUT2D eigenvalue weighted by Gasteiger charge is -2.38. The topological polar surface area (TPSA) is 86.3 Å². The predicted molar refractivity (Wildman–Crippen MR) is 114 cm³/mol. The Hall–Kier alpha value is -3.19. The first-order valence-electron chi connectivity index (χ1n) is 10.3. The molecule has 2 heterocycles. The number of nitrogens with two attached hydrogens (primary N) is 1. The number of aryl methyl sites for hydroxylation is 2. The quantitative estimate of drug-likeness (QED) is 0.609. The lowest BCUT2D eigenvalue weighted by Crippen LogP contribution is -2.49. The zero-order chi connectivity index (χ0) is 20.8. The summed E-state index contributed by atoms with van der Waals surface area (Å²) in [5, 5.41) is 7.81. The first-order valence-corrected chi connectivity index (χ1v) is 10.3. The van der Waals surface area contributed by atoms with E-state index in [0.717, 1.165) is 37.2 Å². The smallest absolute Gasteiger partial charge is 0.309 e. The van der Waals surface area contributed by atoms with Crippen LogP contribution in [0.15, 0.2) is 67.0 Å². The van der Waals surface area contributed by atoms with E-state index >= 15 is 0 Å². The number of anilines is 1. The Morgan fingerprint density at radius 1 is 1.10 bits per heavy atom. The molecule has 1 aliphatic heterocycles. The third-order valence-electron chi connectivity index (χ3n) is 5.57. The second kappa shape index (κ2) is 9.54. The van der Waals surface area contributed by atoms with Crippen molar-refractivity contribution in [3.8, 4) is 0 Å². The Labute approximate surface area is 176 Å². The molecule has 1 saturated heterocycles. The number of hydrogen-bond donors (Lipinski definition) is 1. The molecule has 2 unspecified atom stereocenters. The van der Waals surface area contributed by atoms with Crippen LogP contribution in [0, 0.1) is 5.92 Å². The van der Waals surface area contributed by atoms with Crippen LogP contribution in [0.25, 0.3) is 0 Å². The number of benzene rings is 2. The van der Waals surface area contributed by atoms with Crippen LogP contribution >= 0.6 is 0 Å². The highest BCUT2D eigenvalue weighted by atomic mass is 16.5. The maximum absolute atomic E-state index is 12.5. The molecule has 2 N–H and O–H groups in total. The zero-order valence-corrected chi connectivity index (χ0v) is 16.9. The van der Waals surface area contributed by atoms with E-state index in [1.807, 2.05) is 41.2 Å². The van der Waals surface area contributed by atoms with Crippen LogP contribution < -0.4 is 10.6 Å². The fourth-order valence-corrected chi connectivity index (χ4v) is 3.83. The largest absolute Gasteiger partial charge is 0.461 e.